The lowest BCUT2D eigenvalue weighted by atomic mass is 9.89. The van der Waals surface area contributed by atoms with Gasteiger partial charge in [-0.2, -0.15) is 0 Å². The third-order valence-corrected chi connectivity index (χ3v) is 7.17. The number of carbonyl (C=O) groups is 1. The molecule has 0 spiro atoms. The second-order valence-electron chi connectivity index (χ2n) is 8.17. The van der Waals surface area contributed by atoms with Gasteiger partial charge in [-0.15, -0.1) is 0 Å². The predicted octanol–water partition coefficient (Wildman–Crippen LogP) is 3.02. The van der Waals surface area contributed by atoms with E-state index in [1.807, 2.05) is 38.1 Å². The van der Waals surface area contributed by atoms with E-state index in [0.29, 0.717) is 17.9 Å². The van der Waals surface area contributed by atoms with Crippen LogP contribution in [0.4, 0.5) is 5.69 Å². The number of sulfonamides is 1. The Morgan fingerprint density at radius 3 is 2.53 bits per heavy atom. The summed E-state index contributed by atoms with van der Waals surface area (Å²) in [7, 11) is -3.55. The van der Waals surface area contributed by atoms with Crippen LogP contribution in [0.25, 0.3) is 0 Å². The van der Waals surface area contributed by atoms with Gasteiger partial charge in [-0.05, 0) is 39.0 Å². The summed E-state index contributed by atoms with van der Waals surface area (Å²) in [6, 6.07) is 14.2. The van der Waals surface area contributed by atoms with Crippen LogP contribution in [0, 0.1) is 0 Å². The van der Waals surface area contributed by atoms with Gasteiger partial charge < -0.3 is 14.8 Å². The Hall–Kier alpha value is -2.74. The zero-order valence-electron chi connectivity index (χ0n) is 17.3. The molecule has 8 heteroatoms. The molecular weight excluding hydrogens is 404 g/mol. The first-order chi connectivity index (χ1) is 14.2. The molecule has 0 aromatic heterocycles. The van der Waals surface area contributed by atoms with E-state index in [4.69, 9.17) is 9.47 Å². The SMILES string of the molecule is CCS(=O)(=O)N1C[C@@H](C(=O)N[C@@H]2CC(C)(C)Oc3ccccc32)Oc2ccccc21. The van der Waals surface area contributed by atoms with E-state index in [1.54, 1.807) is 31.2 Å². The third-order valence-electron chi connectivity index (χ3n) is 5.42. The molecule has 2 atom stereocenters. The summed E-state index contributed by atoms with van der Waals surface area (Å²) < 4.78 is 38.5. The Morgan fingerprint density at radius 2 is 1.80 bits per heavy atom. The maximum absolute atomic E-state index is 13.2. The Balaban J connectivity index is 1.60. The number of hydrogen-bond acceptors (Lipinski definition) is 5. The highest BCUT2D eigenvalue weighted by Gasteiger charge is 2.39. The molecule has 2 aliphatic heterocycles. The molecule has 0 unspecified atom stereocenters. The Morgan fingerprint density at radius 1 is 1.13 bits per heavy atom. The molecule has 0 saturated carbocycles. The molecule has 0 aliphatic carbocycles. The molecule has 2 heterocycles. The summed E-state index contributed by atoms with van der Waals surface area (Å²) in [5.74, 6) is 0.716. The topological polar surface area (TPSA) is 84.9 Å². The zero-order chi connectivity index (χ0) is 21.5. The molecule has 2 aromatic rings. The molecule has 2 aromatic carbocycles. The van der Waals surface area contributed by atoms with Gasteiger partial charge in [0.25, 0.3) is 5.91 Å². The van der Waals surface area contributed by atoms with Gasteiger partial charge >= 0.3 is 0 Å². The Labute approximate surface area is 177 Å². The quantitative estimate of drug-likeness (QED) is 0.806. The summed E-state index contributed by atoms with van der Waals surface area (Å²) >= 11 is 0. The fourth-order valence-corrected chi connectivity index (χ4v) is 5.08. The van der Waals surface area contributed by atoms with Crippen molar-refractivity contribution < 1.29 is 22.7 Å². The van der Waals surface area contributed by atoms with Gasteiger partial charge in [-0.1, -0.05) is 30.3 Å². The summed E-state index contributed by atoms with van der Waals surface area (Å²) in [5, 5.41) is 3.06. The van der Waals surface area contributed by atoms with Crippen LogP contribution >= 0.6 is 0 Å². The molecule has 1 N–H and O–H groups in total. The van der Waals surface area contributed by atoms with Crippen LogP contribution in [-0.4, -0.2) is 38.3 Å². The van der Waals surface area contributed by atoms with Crippen LogP contribution in [0.3, 0.4) is 0 Å². The molecule has 0 fully saturated rings. The number of carbonyl (C=O) groups excluding carboxylic acids is 1. The smallest absolute Gasteiger partial charge is 0.263 e. The second-order valence-corrected chi connectivity index (χ2v) is 10.4. The standard InChI is InChI=1S/C22H26N2O5S/c1-4-30(26,27)24-14-20(28-19-12-8-6-10-17(19)24)21(25)23-16-13-22(2,3)29-18-11-7-5-9-15(16)18/h5-12,16,20H,4,13-14H2,1-3H3,(H,23,25)/t16-,20+/m1/s1. The molecule has 1 amide bonds. The molecule has 30 heavy (non-hydrogen) atoms. The summed E-state index contributed by atoms with van der Waals surface area (Å²) in [6.07, 6.45) is -0.352. The van der Waals surface area contributed by atoms with Gasteiger partial charge in [0, 0.05) is 12.0 Å². The van der Waals surface area contributed by atoms with E-state index in [9.17, 15) is 13.2 Å². The first-order valence-electron chi connectivity index (χ1n) is 10.0. The number of amides is 1. The first-order valence-corrected chi connectivity index (χ1v) is 11.7. The number of hydrogen-bond donors (Lipinski definition) is 1. The highest BCUT2D eigenvalue weighted by molar-refractivity contribution is 7.92. The minimum atomic E-state index is -3.55. The minimum Gasteiger partial charge on any atom is -0.487 e. The van der Waals surface area contributed by atoms with Crippen molar-refractivity contribution in [3.05, 3.63) is 54.1 Å². The summed E-state index contributed by atoms with van der Waals surface area (Å²) in [6.45, 7) is 5.48. The van der Waals surface area contributed by atoms with Crippen LogP contribution in [0.15, 0.2) is 48.5 Å². The average Bonchev–Trinajstić information content (AvgIpc) is 2.72. The number of anilines is 1. The van der Waals surface area contributed by atoms with Crippen LogP contribution in [-0.2, 0) is 14.8 Å². The maximum atomic E-state index is 13.2. The van der Waals surface area contributed by atoms with Crippen LogP contribution in [0.1, 0.15) is 38.8 Å². The van der Waals surface area contributed by atoms with Crippen LogP contribution in [0.2, 0.25) is 0 Å². The van der Waals surface area contributed by atoms with E-state index in [0.717, 1.165) is 11.3 Å². The summed E-state index contributed by atoms with van der Waals surface area (Å²) in [5.41, 5.74) is 0.921. The van der Waals surface area contributed by atoms with Crippen molar-refractivity contribution in [2.24, 2.45) is 0 Å². The molecule has 7 nitrogen and oxygen atoms in total. The number of rotatable bonds is 4. The first kappa shape index (κ1) is 20.5. The van der Waals surface area contributed by atoms with Gasteiger partial charge in [0.15, 0.2) is 6.10 Å². The van der Waals surface area contributed by atoms with Crippen LogP contribution in [0.5, 0.6) is 11.5 Å². The minimum absolute atomic E-state index is 0.0583. The average molecular weight is 431 g/mol. The number of nitrogens with one attached hydrogen (secondary N) is 1. The number of fused-ring (bicyclic) bond motifs is 2. The fourth-order valence-electron chi connectivity index (χ4n) is 3.95. The van der Waals surface area contributed by atoms with Crippen molar-refractivity contribution >= 4 is 21.6 Å². The zero-order valence-corrected chi connectivity index (χ0v) is 18.1. The highest BCUT2D eigenvalue weighted by atomic mass is 32.2. The molecule has 2 aliphatic rings. The molecule has 0 saturated heterocycles. The van der Waals surface area contributed by atoms with Crippen molar-refractivity contribution in [2.45, 2.75) is 44.9 Å². The van der Waals surface area contributed by atoms with E-state index < -0.39 is 21.7 Å². The van der Waals surface area contributed by atoms with Gasteiger partial charge in [0.05, 0.1) is 24.0 Å². The Bertz CT molecular complexity index is 1070. The van der Waals surface area contributed by atoms with E-state index in [1.165, 1.54) is 4.31 Å². The van der Waals surface area contributed by atoms with Gasteiger partial charge in [0.1, 0.15) is 17.1 Å². The number of ether oxygens (including phenoxy) is 2. The normalized spacial score (nSPS) is 22.2. The van der Waals surface area contributed by atoms with Crippen molar-refractivity contribution in [3.63, 3.8) is 0 Å². The molecule has 0 radical (unpaired) electrons. The lowest BCUT2D eigenvalue weighted by Gasteiger charge is -2.39. The second kappa shape index (κ2) is 7.50. The van der Waals surface area contributed by atoms with E-state index in [-0.39, 0.29) is 24.2 Å². The number of para-hydroxylation sites is 3. The largest absolute Gasteiger partial charge is 0.487 e. The highest BCUT2D eigenvalue weighted by Crippen LogP contribution is 2.40. The number of benzene rings is 2. The van der Waals surface area contributed by atoms with E-state index >= 15 is 0 Å². The molecule has 160 valence electrons. The molecule has 0 bridgehead atoms. The van der Waals surface area contributed by atoms with Crippen molar-refractivity contribution in [1.29, 1.82) is 0 Å². The van der Waals surface area contributed by atoms with Crippen molar-refractivity contribution in [3.8, 4) is 11.5 Å². The number of nitrogens with zero attached hydrogens (tertiary/aromatic N) is 1. The monoisotopic (exact) mass is 430 g/mol. The van der Waals surface area contributed by atoms with Gasteiger partial charge in [-0.25, -0.2) is 8.42 Å². The fraction of sp³-hybridized carbons (Fsp3) is 0.409. The van der Waals surface area contributed by atoms with Crippen molar-refractivity contribution in [2.75, 3.05) is 16.6 Å². The van der Waals surface area contributed by atoms with E-state index in [2.05, 4.69) is 5.32 Å². The molecular formula is C22H26N2O5S. The third kappa shape index (κ3) is 3.84. The Kier molecular flexibility index (Phi) is 5.13. The lowest BCUT2D eigenvalue weighted by Crippen LogP contribution is -2.52. The lowest BCUT2D eigenvalue weighted by molar-refractivity contribution is -0.129. The molecule has 4 rings (SSSR count). The predicted molar refractivity (Wildman–Crippen MR) is 114 cm³/mol. The van der Waals surface area contributed by atoms with Gasteiger partial charge in [-0.3, -0.25) is 9.10 Å². The van der Waals surface area contributed by atoms with Crippen molar-refractivity contribution in [1.82, 2.24) is 5.32 Å². The maximum Gasteiger partial charge on any atom is 0.263 e. The van der Waals surface area contributed by atoms with Crippen LogP contribution < -0.4 is 19.1 Å². The van der Waals surface area contributed by atoms with Gasteiger partial charge in [0.2, 0.25) is 10.0 Å². The summed E-state index contributed by atoms with van der Waals surface area (Å²) in [4.78, 5) is 13.2.